The highest BCUT2D eigenvalue weighted by atomic mass is 127. The van der Waals surface area contributed by atoms with Crippen LogP contribution in [0.4, 0.5) is 5.69 Å². The molecular weight excluding hydrogens is 411 g/mol. The van der Waals surface area contributed by atoms with Crippen LogP contribution in [-0.2, 0) is 6.54 Å². The minimum absolute atomic E-state index is 0. The molecule has 0 bridgehead atoms. The Labute approximate surface area is 152 Å². The van der Waals surface area contributed by atoms with Crippen molar-refractivity contribution in [1.82, 2.24) is 4.98 Å². The predicted molar refractivity (Wildman–Crippen MR) is 104 cm³/mol. The van der Waals surface area contributed by atoms with E-state index in [1.807, 2.05) is 29.6 Å². The van der Waals surface area contributed by atoms with Gasteiger partial charge in [-0.05, 0) is 12.1 Å². The van der Waals surface area contributed by atoms with Gasteiger partial charge in [0, 0.05) is 11.3 Å². The van der Waals surface area contributed by atoms with Crippen LogP contribution in [0.3, 0.4) is 0 Å². The van der Waals surface area contributed by atoms with Crippen LogP contribution in [0.25, 0.3) is 0 Å². The number of hydrogen-bond acceptors (Lipinski definition) is 4. The van der Waals surface area contributed by atoms with Gasteiger partial charge in [0.25, 0.3) is 0 Å². The monoisotopic (exact) mass is 432 g/mol. The van der Waals surface area contributed by atoms with Crippen molar-refractivity contribution >= 4 is 47.0 Å². The molecule has 0 radical (unpaired) electrons. The van der Waals surface area contributed by atoms with E-state index in [-0.39, 0.29) is 24.0 Å². The first-order chi connectivity index (χ1) is 10.1. The molecular formula is C15H21IN4OS. The Morgan fingerprint density at radius 3 is 2.77 bits per heavy atom. The standard InChI is InChI=1S/C15H20N4OS.HI/c1-10(2)14-18-11(9-21-14)8-17-15(16)19-12-6-4-5-7-13(12)20-3;/h4-7,9-10H,8H2,1-3H3,(H3,16,17,19);1H. The summed E-state index contributed by atoms with van der Waals surface area (Å²) in [5, 5.41) is 6.18. The molecule has 0 fully saturated rings. The van der Waals surface area contributed by atoms with E-state index in [9.17, 15) is 0 Å². The van der Waals surface area contributed by atoms with Gasteiger partial charge in [-0.15, -0.1) is 35.3 Å². The molecule has 7 heteroatoms. The Balaban J connectivity index is 0.00000242. The van der Waals surface area contributed by atoms with E-state index in [2.05, 4.69) is 29.1 Å². The van der Waals surface area contributed by atoms with E-state index in [0.29, 0.717) is 18.4 Å². The van der Waals surface area contributed by atoms with E-state index in [0.717, 1.165) is 22.1 Å². The SMILES string of the molecule is COc1ccccc1NC(N)=NCc1csc(C(C)C)n1.I. The number of ether oxygens (including phenoxy) is 1. The fourth-order valence-corrected chi connectivity index (χ4v) is 2.58. The van der Waals surface area contributed by atoms with Crippen molar-refractivity contribution in [3.8, 4) is 5.75 Å². The predicted octanol–water partition coefficient (Wildman–Crippen LogP) is 3.82. The smallest absolute Gasteiger partial charge is 0.193 e. The minimum atomic E-state index is 0. The van der Waals surface area contributed by atoms with Crippen molar-refractivity contribution in [2.75, 3.05) is 12.4 Å². The lowest BCUT2D eigenvalue weighted by molar-refractivity contribution is 0.417. The van der Waals surface area contributed by atoms with Gasteiger partial charge in [-0.1, -0.05) is 26.0 Å². The summed E-state index contributed by atoms with van der Waals surface area (Å²) in [7, 11) is 1.62. The van der Waals surface area contributed by atoms with Gasteiger partial charge in [0.1, 0.15) is 5.75 Å². The second-order valence-electron chi connectivity index (χ2n) is 4.86. The number of nitrogens with one attached hydrogen (secondary N) is 1. The van der Waals surface area contributed by atoms with Crippen LogP contribution in [0, 0.1) is 0 Å². The largest absolute Gasteiger partial charge is 0.495 e. The molecule has 0 unspecified atom stereocenters. The lowest BCUT2D eigenvalue weighted by atomic mass is 10.2. The van der Waals surface area contributed by atoms with E-state index in [4.69, 9.17) is 10.5 Å². The zero-order chi connectivity index (χ0) is 15.2. The molecule has 3 N–H and O–H groups in total. The van der Waals surface area contributed by atoms with Crippen molar-refractivity contribution in [1.29, 1.82) is 0 Å². The molecule has 1 aromatic heterocycles. The number of thiazole rings is 1. The third kappa shape index (κ3) is 5.13. The summed E-state index contributed by atoms with van der Waals surface area (Å²) in [6.45, 7) is 4.73. The number of methoxy groups -OCH3 is 1. The molecule has 120 valence electrons. The number of hydrogen-bond donors (Lipinski definition) is 2. The van der Waals surface area contributed by atoms with Crippen molar-refractivity contribution in [2.45, 2.75) is 26.3 Å². The molecule has 0 aliphatic carbocycles. The Morgan fingerprint density at radius 1 is 1.41 bits per heavy atom. The fourth-order valence-electron chi connectivity index (χ4n) is 1.75. The van der Waals surface area contributed by atoms with Crippen LogP contribution in [0.5, 0.6) is 5.75 Å². The van der Waals surface area contributed by atoms with Crippen LogP contribution in [0.1, 0.15) is 30.5 Å². The molecule has 1 aromatic carbocycles. The normalized spacial score (nSPS) is 11.2. The summed E-state index contributed by atoms with van der Waals surface area (Å²) in [4.78, 5) is 8.84. The quantitative estimate of drug-likeness (QED) is 0.428. The maximum atomic E-state index is 5.90. The second kappa shape index (κ2) is 8.94. The number of aliphatic imine (C=N–C) groups is 1. The molecule has 0 aliphatic heterocycles. The van der Waals surface area contributed by atoms with Gasteiger partial charge in [-0.3, -0.25) is 0 Å². The topological polar surface area (TPSA) is 72.5 Å². The highest BCUT2D eigenvalue weighted by molar-refractivity contribution is 14.0. The lowest BCUT2D eigenvalue weighted by Gasteiger charge is -2.09. The number of para-hydroxylation sites is 2. The van der Waals surface area contributed by atoms with Gasteiger partial charge in [-0.25, -0.2) is 9.98 Å². The number of nitrogens with zero attached hydrogens (tertiary/aromatic N) is 2. The molecule has 0 amide bonds. The van der Waals surface area contributed by atoms with Crippen LogP contribution >= 0.6 is 35.3 Å². The fraction of sp³-hybridized carbons (Fsp3) is 0.333. The number of anilines is 1. The van der Waals surface area contributed by atoms with Gasteiger partial charge >= 0.3 is 0 Å². The number of guanidine groups is 1. The molecule has 0 aliphatic rings. The Bertz CT molecular complexity index is 628. The first-order valence-corrected chi connectivity index (χ1v) is 7.62. The van der Waals surface area contributed by atoms with Crippen molar-refractivity contribution in [2.24, 2.45) is 10.7 Å². The van der Waals surface area contributed by atoms with Gasteiger partial charge in [0.15, 0.2) is 5.96 Å². The van der Waals surface area contributed by atoms with Crippen molar-refractivity contribution in [3.63, 3.8) is 0 Å². The average molecular weight is 432 g/mol. The minimum Gasteiger partial charge on any atom is -0.495 e. The molecule has 2 rings (SSSR count). The molecule has 0 saturated heterocycles. The highest BCUT2D eigenvalue weighted by Gasteiger charge is 2.06. The molecule has 0 spiro atoms. The lowest BCUT2D eigenvalue weighted by Crippen LogP contribution is -2.22. The van der Waals surface area contributed by atoms with E-state index in [1.54, 1.807) is 18.4 Å². The molecule has 0 atom stereocenters. The maximum Gasteiger partial charge on any atom is 0.193 e. The van der Waals surface area contributed by atoms with Crippen LogP contribution in [0.15, 0.2) is 34.6 Å². The summed E-state index contributed by atoms with van der Waals surface area (Å²) in [6.07, 6.45) is 0. The van der Waals surface area contributed by atoms with Gasteiger partial charge < -0.3 is 15.8 Å². The first kappa shape index (κ1) is 18.7. The summed E-state index contributed by atoms with van der Waals surface area (Å²) < 4.78 is 5.25. The summed E-state index contributed by atoms with van der Waals surface area (Å²) in [6, 6.07) is 7.57. The molecule has 0 saturated carbocycles. The third-order valence-electron chi connectivity index (χ3n) is 2.84. The van der Waals surface area contributed by atoms with Crippen LogP contribution < -0.4 is 15.8 Å². The zero-order valence-electron chi connectivity index (χ0n) is 12.9. The second-order valence-corrected chi connectivity index (χ2v) is 5.75. The number of benzene rings is 1. The van der Waals surface area contributed by atoms with E-state index in [1.165, 1.54) is 0 Å². The van der Waals surface area contributed by atoms with Gasteiger partial charge in [-0.2, -0.15) is 0 Å². The zero-order valence-corrected chi connectivity index (χ0v) is 16.0. The average Bonchev–Trinajstić information content (AvgIpc) is 2.95. The van der Waals surface area contributed by atoms with Gasteiger partial charge in [0.2, 0.25) is 0 Å². The first-order valence-electron chi connectivity index (χ1n) is 6.74. The maximum absolute atomic E-state index is 5.90. The number of halogens is 1. The van der Waals surface area contributed by atoms with E-state index >= 15 is 0 Å². The van der Waals surface area contributed by atoms with Crippen molar-refractivity contribution < 1.29 is 4.74 Å². The molecule has 5 nitrogen and oxygen atoms in total. The summed E-state index contributed by atoms with van der Waals surface area (Å²) in [5.41, 5.74) is 7.64. The Morgan fingerprint density at radius 2 is 2.14 bits per heavy atom. The number of aromatic nitrogens is 1. The summed E-state index contributed by atoms with van der Waals surface area (Å²) in [5.74, 6) is 1.52. The number of nitrogens with two attached hydrogens (primary N) is 1. The van der Waals surface area contributed by atoms with Crippen LogP contribution in [-0.4, -0.2) is 18.1 Å². The Kier molecular flexibility index (Phi) is 7.60. The molecule has 1 heterocycles. The summed E-state index contributed by atoms with van der Waals surface area (Å²) >= 11 is 1.66. The molecule has 2 aromatic rings. The van der Waals surface area contributed by atoms with E-state index < -0.39 is 0 Å². The highest BCUT2D eigenvalue weighted by Crippen LogP contribution is 2.23. The Hall–Kier alpha value is -1.35. The van der Waals surface area contributed by atoms with Crippen molar-refractivity contribution in [3.05, 3.63) is 40.3 Å². The van der Waals surface area contributed by atoms with Gasteiger partial charge in [0.05, 0.1) is 30.0 Å². The van der Waals surface area contributed by atoms with Crippen LogP contribution in [0.2, 0.25) is 0 Å². The molecule has 22 heavy (non-hydrogen) atoms. The number of rotatable bonds is 5. The third-order valence-corrected chi connectivity index (χ3v) is 4.04.